The van der Waals surface area contributed by atoms with E-state index >= 15 is 0 Å². The molecule has 1 saturated heterocycles. The molecule has 160 valence electrons. The summed E-state index contributed by atoms with van der Waals surface area (Å²) >= 11 is 6.35. The Morgan fingerprint density at radius 2 is 1.87 bits per heavy atom. The monoisotopic (exact) mass is 441 g/mol. The van der Waals surface area contributed by atoms with Crippen LogP contribution in [0.15, 0.2) is 42.6 Å². The van der Waals surface area contributed by atoms with Crippen LogP contribution in [-0.4, -0.2) is 33.7 Å². The van der Waals surface area contributed by atoms with E-state index in [1.807, 2.05) is 18.5 Å². The van der Waals surface area contributed by atoms with Crippen molar-refractivity contribution in [3.05, 3.63) is 75.9 Å². The van der Waals surface area contributed by atoms with Crippen LogP contribution in [0.2, 0.25) is 5.02 Å². The van der Waals surface area contributed by atoms with Crippen LogP contribution in [0, 0.1) is 30.9 Å². The molecule has 1 aliphatic heterocycles. The molecule has 4 nitrogen and oxygen atoms in total. The van der Waals surface area contributed by atoms with Crippen molar-refractivity contribution in [1.82, 2.24) is 14.7 Å². The second-order valence-electron chi connectivity index (χ2n) is 8.95. The predicted molar refractivity (Wildman–Crippen MR) is 115 cm³/mol. The van der Waals surface area contributed by atoms with Gasteiger partial charge in [-0.3, -0.25) is 9.48 Å². The zero-order valence-corrected chi connectivity index (χ0v) is 18.1. The van der Waals surface area contributed by atoms with Gasteiger partial charge in [0.15, 0.2) is 0 Å². The van der Waals surface area contributed by atoms with E-state index in [9.17, 15) is 13.6 Å². The van der Waals surface area contributed by atoms with Gasteiger partial charge in [-0.25, -0.2) is 8.78 Å². The maximum absolute atomic E-state index is 14.1. The fourth-order valence-corrected chi connectivity index (χ4v) is 5.20. The number of halogens is 3. The number of rotatable bonds is 3. The average Bonchev–Trinajstić information content (AvgIpc) is 3.04. The molecule has 2 heterocycles. The first kappa shape index (κ1) is 20.2. The number of benzene rings is 2. The van der Waals surface area contributed by atoms with E-state index < -0.39 is 5.82 Å². The maximum atomic E-state index is 14.1. The molecule has 1 aliphatic carbocycles. The van der Waals surface area contributed by atoms with Gasteiger partial charge in [-0.05, 0) is 62.6 Å². The van der Waals surface area contributed by atoms with Crippen molar-refractivity contribution in [3.63, 3.8) is 0 Å². The van der Waals surface area contributed by atoms with Crippen LogP contribution < -0.4 is 0 Å². The third-order valence-corrected chi connectivity index (χ3v) is 6.87. The summed E-state index contributed by atoms with van der Waals surface area (Å²) in [5, 5.41) is 5.02. The van der Waals surface area contributed by atoms with Crippen molar-refractivity contribution < 1.29 is 13.6 Å². The van der Waals surface area contributed by atoms with Gasteiger partial charge in [-0.15, -0.1) is 0 Å². The highest BCUT2D eigenvalue weighted by atomic mass is 35.5. The van der Waals surface area contributed by atoms with Crippen molar-refractivity contribution in [3.8, 4) is 11.3 Å². The van der Waals surface area contributed by atoms with E-state index in [1.54, 1.807) is 29.3 Å². The first-order valence-corrected chi connectivity index (χ1v) is 10.7. The van der Waals surface area contributed by atoms with Crippen molar-refractivity contribution in [1.29, 1.82) is 0 Å². The second kappa shape index (κ2) is 7.16. The molecule has 1 amide bonds. The lowest BCUT2D eigenvalue weighted by molar-refractivity contribution is -0.0735. The lowest BCUT2D eigenvalue weighted by Gasteiger charge is -2.59. The van der Waals surface area contributed by atoms with Gasteiger partial charge in [0.2, 0.25) is 0 Å². The lowest BCUT2D eigenvalue weighted by atomic mass is 9.60. The number of aryl methyl sites for hydroxylation is 2. The fraction of sp³-hybridized carbons (Fsp3) is 0.333. The Bertz CT molecular complexity index is 1190. The van der Waals surface area contributed by atoms with Crippen molar-refractivity contribution in [2.75, 3.05) is 13.1 Å². The molecule has 2 fully saturated rings. The molecular weight excluding hydrogens is 420 g/mol. The van der Waals surface area contributed by atoms with E-state index in [1.165, 1.54) is 18.2 Å². The molecule has 0 radical (unpaired) electrons. The molecule has 0 atom stereocenters. The van der Waals surface area contributed by atoms with Crippen LogP contribution in [0.3, 0.4) is 0 Å². The molecule has 0 unspecified atom stereocenters. The second-order valence-corrected chi connectivity index (χ2v) is 9.36. The third kappa shape index (κ3) is 3.33. The molecule has 31 heavy (non-hydrogen) atoms. The Morgan fingerprint density at radius 3 is 2.61 bits per heavy atom. The molecule has 1 saturated carbocycles. The Balaban J connectivity index is 1.30. The van der Waals surface area contributed by atoms with Crippen LogP contribution in [0.25, 0.3) is 11.3 Å². The predicted octanol–water partition coefficient (Wildman–Crippen LogP) is 5.58. The summed E-state index contributed by atoms with van der Waals surface area (Å²) in [4.78, 5) is 14.4. The highest BCUT2D eigenvalue weighted by Crippen LogP contribution is 2.55. The molecule has 0 bridgehead atoms. The summed E-state index contributed by atoms with van der Waals surface area (Å²) in [7, 11) is 0. The van der Waals surface area contributed by atoms with E-state index in [4.69, 9.17) is 11.6 Å². The first-order valence-electron chi connectivity index (χ1n) is 10.3. The number of nitrogens with zero attached hydrogens (tertiary/aromatic N) is 3. The smallest absolute Gasteiger partial charge is 0.256 e. The molecule has 1 spiro atoms. The number of amides is 1. The number of aromatic nitrogens is 2. The van der Waals surface area contributed by atoms with Crippen LogP contribution >= 0.6 is 11.6 Å². The molecule has 2 aromatic carbocycles. The summed E-state index contributed by atoms with van der Waals surface area (Å²) in [5.74, 6) is -1.07. The minimum absolute atomic E-state index is 0.0451. The topological polar surface area (TPSA) is 38.1 Å². The van der Waals surface area contributed by atoms with E-state index in [0.29, 0.717) is 23.7 Å². The quantitative estimate of drug-likeness (QED) is 0.532. The van der Waals surface area contributed by atoms with Crippen molar-refractivity contribution >= 4 is 17.5 Å². The largest absolute Gasteiger partial charge is 0.337 e. The molecular formula is C24H22ClF2N3O. The van der Waals surface area contributed by atoms with Gasteiger partial charge in [0.05, 0.1) is 28.5 Å². The Morgan fingerprint density at radius 1 is 1.13 bits per heavy atom. The van der Waals surface area contributed by atoms with Crippen LogP contribution in [-0.2, 0) is 0 Å². The summed E-state index contributed by atoms with van der Waals surface area (Å²) in [5.41, 5.74) is 3.45. The van der Waals surface area contributed by atoms with Gasteiger partial charge in [-0.1, -0.05) is 23.2 Å². The van der Waals surface area contributed by atoms with Crippen LogP contribution in [0.5, 0.6) is 0 Å². The van der Waals surface area contributed by atoms with Crippen molar-refractivity contribution in [2.45, 2.75) is 32.7 Å². The number of hydrogen-bond donors (Lipinski definition) is 0. The summed E-state index contributed by atoms with van der Waals surface area (Å²) < 4.78 is 29.9. The highest BCUT2D eigenvalue weighted by molar-refractivity contribution is 6.33. The Kier molecular flexibility index (Phi) is 4.66. The van der Waals surface area contributed by atoms with Gasteiger partial charge >= 0.3 is 0 Å². The number of carbonyl (C=O) groups is 1. The highest BCUT2D eigenvalue weighted by Gasteiger charge is 2.55. The average molecular weight is 442 g/mol. The molecule has 7 heteroatoms. The van der Waals surface area contributed by atoms with Gasteiger partial charge in [-0.2, -0.15) is 5.10 Å². The SMILES string of the molecule is Cc1ccc(F)c(C(=O)N2CC3(CC(n4ncc(C)c4-c4cc(F)ccc4Cl)C3)C2)c1. The summed E-state index contributed by atoms with van der Waals surface area (Å²) in [6.07, 6.45) is 3.51. The molecule has 1 aromatic heterocycles. The Hall–Kier alpha value is -2.73. The molecule has 2 aliphatic rings. The summed E-state index contributed by atoms with van der Waals surface area (Å²) in [6, 6.07) is 9.12. The van der Waals surface area contributed by atoms with Gasteiger partial charge in [0.25, 0.3) is 5.91 Å². The standard InChI is InChI=1S/C24H22ClF2N3O/c1-14-3-6-21(27)19(7-14)23(31)29-12-24(13-29)9-17(10-24)30-22(15(2)11-28-30)18-8-16(26)4-5-20(18)25/h3-8,11,17H,9-10,12-13H2,1-2H3. The molecule has 0 N–H and O–H groups in total. The van der Waals surface area contributed by atoms with Crippen LogP contribution in [0.4, 0.5) is 8.78 Å². The minimum Gasteiger partial charge on any atom is -0.337 e. The lowest BCUT2D eigenvalue weighted by Crippen LogP contribution is -2.64. The minimum atomic E-state index is -0.480. The zero-order valence-electron chi connectivity index (χ0n) is 17.3. The van der Waals surface area contributed by atoms with Gasteiger partial charge in [0, 0.05) is 24.1 Å². The Labute approximate surface area is 184 Å². The molecule has 5 rings (SSSR count). The van der Waals surface area contributed by atoms with Crippen LogP contribution in [0.1, 0.15) is 40.4 Å². The number of likely N-dealkylation sites (tertiary alicyclic amines) is 1. The van der Waals surface area contributed by atoms with Crippen molar-refractivity contribution in [2.24, 2.45) is 5.41 Å². The third-order valence-electron chi connectivity index (χ3n) is 6.54. The normalized spacial score (nSPS) is 17.5. The summed E-state index contributed by atoms with van der Waals surface area (Å²) in [6.45, 7) is 5.02. The van der Waals surface area contributed by atoms with Gasteiger partial charge < -0.3 is 4.90 Å². The van der Waals surface area contributed by atoms with E-state index in [-0.39, 0.29) is 28.7 Å². The van der Waals surface area contributed by atoms with E-state index in [2.05, 4.69) is 5.10 Å². The zero-order chi connectivity index (χ0) is 21.9. The fourth-order valence-electron chi connectivity index (χ4n) is 4.99. The van der Waals surface area contributed by atoms with E-state index in [0.717, 1.165) is 29.7 Å². The maximum Gasteiger partial charge on any atom is 0.256 e. The number of hydrogen-bond acceptors (Lipinski definition) is 2. The number of carbonyl (C=O) groups excluding carboxylic acids is 1. The molecule has 3 aromatic rings. The first-order chi connectivity index (χ1) is 14.8. The van der Waals surface area contributed by atoms with Gasteiger partial charge in [0.1, 0.15) is 11.6 Å².